The standard InChI is InChI=1S/C62H74/c1-17-61(18-2)51-35-43(57(5,6)7)29-31-47(51)55-49(33-45(37-53(55)61)59(11,12)13)41-25-21-39(22-26-41)40-23-27-42(28-24-40)50-34-46(60(14,15)16)38-54-56(50)48-32-30-44(58(8,9)10)36-52(48)62(54,19-3)20-4/h21-38H,17-20H2,1-16H3. The molecule has 0 nitrogen and oxygen atoms in total. The molecule has 0 saturated carbocycles. The fraction of sp³-hybridized carbons (Fsp3) is 0.419. The number of benzene rings is 6. The summed E-state index contributed by atoms with van der Waals surface area (Å²) in [5.41, 5.74) is 25.5. The fourth-order valence-corrected chi connectivity index (χ4v) is 11.2. The predicted octanol–water partition coefficient (Wildman–Crippen LogP) is 18.1. The number of rotatable bonds is 7. The second-order valence-electron chi connectivity index (χ2n) is 23.1. The van der Waals surface area contributed by atoms with Crippen LogP contribution in [-0.4, -0.2) is 0 Å². The summed E-state index contributed by atoms with van der Waals surface area (Å²) in [6.45, 7) is 37.8. The zero-order chi connectivity index (χ0) is 44.9. The summed E-state index contributed by atoms with van der Waals surface area (Å²) in [7, 11) is 0. The number of hydrogen-bond acceptors (Lipinski definition) is 0. The molecule has 322 valence electrons. The van der Waals surface area contributed by atoms with Gasteiger partial charge in [-0.1, -0.05) is 208 Å². The van der Waals surface area contributed by atoms with Gasteiger partial charge < -0.3 is 0 Å². The molecule has 0 atom stereocenters. The van der Waals surface area contributed by atoms with Gasteiger partial charge in [0.1, 0.15) is 0 Å². The lowest BCUT2D eigenvalue weighted by Crippen LogP contribution is -2.25. The number of hydrogen-bond donors (Lipinski definition) is 0. The molecule has 0 radical (unpaired) electrons. The maximum absolute atomic E-state index is 2.57. The molecule has 0 saturated heterocycles. The first kappa shape index (κ1) is 43.9. The summed E-state index contributed by atoms with van der Waals surface area (Å²) in [6, 6.07) is 43.8. The van der Waals surface area contributed by atoms with Crippen LogP contribution in [0.1, 0.15) is 181 Å². The smallest absolute Gasteiger partial charge is 0.0210 e. The van der Waals surface area contributed by atoms with Crippen molar-refractivity contribution < 1.29 is 0 Å². The Kier molecular flexibility index (Phi) is 10.6. The molecule has 8 rings (SSSR count). The van der Waals surface area contributed by atoms with Crippen LogP contribution >= 0.6 is 0 Å². The molecule has 0 bridgehead atoms. The summed E-state index contributed by atoms with van der Waals surface area (Å²) >= 11 is 0. The van der Waals surface area contributed by atoms with Gasteiger partial charge in [-0.3, -0.25) is 0 Å². The lowest BCUT2D eigenvalue weighted by molar-refractivity contribution is 0.485. The van der Waals surface area contributed by atoms with Crippen molar-refractivity contribution in [3.05, 3.63) is 154 Å². The SMILES string of the molecule is CCC1(CC)c2cc(C(C)(C)C)ccc2-c2c(-c3ccc(-c4ccc(-c5cc(C(C)(C)C)cc6c5-c5ccc(C(C)(C)C)cc5C6(CC)CC)cc4)cc3)cc(C(C)(C)C)cc21. The van der Waals surface area contributed by atoms with E-state index in [2.05, 4.69) is 220 Å². The molecule has 2 aliphatic carbocycles. The minimum Gasteiger partial charge on any atom is -0.0642 e. The Morgan fingerprint density at radius 2 is 0.565 bits per heavy atom. The Balaban J connectivity index is 1.23. The third-order valence-electron chi connectivity index (χ3n) is 15.5. The number of fused-ring (bicyclic) bond motifs is 6. The molecule has 0 heterocycles. The average Bonchev–Trinajstić information content (AvgIpc) is 3.68. The zero-order valence-corrected chi connectivity index (χ0v) is 41.2. The van der Waals surface area contributed by atoms with Crippen LogP contribution in [0.4, 0.5) is 0 Å². The van der Waals surface area contributed by atoms with Gasteiger partial charge in [0.15, 0.2) is 0 Å². The zero-order valence-electron chi connectivity index (χ0n) is 41.2. The van der Waals surface area contributed by atoms with Crippen molar-refractivity contribution in [2.45, 2.75) is 169 Å². The molecule has 0 spiro atoms. The Morgan fingerprint density at radius 1 is 0.290 bits per heavy atom. The molecular weight excluding hydrogens is 745 g/mol. The maximum atomic E-state index is 2.57. The minimum atomic E-state index is 0.00214. The summed E-state index contributed by atoms with van der Waals surface area (Å²) in [5.74, 6) is 0. The lowest BCUT2D eigenvalue weighted by Gasteiger charge is -2.32. The van der Waals surface area contributed by atoms with Gasteiger partial charge in [0.25, 0.3) is 0 Å². The summed E-state index contributed by atoms with van der Waals surface area (Å²) < 4.78 is 0. The van der Waals surface area contributed by atoms with E-state index in [9.17, 15) is 0 Å². The molecule has 0 heteroatoms. The Labute approximate surface area is 376 Å². The van der Waals surface area contributed by atoms with E-state index in [-0.39, 0.29) is 32.5 Å². The van der Waals surface area contributed by atoms with Gasteiger partial charge >= 0.3 is 0 Å². The molecule has 0 aromatic heterocycles. The third-order valence-corrected chi connectivity index (χ3v) is 15.5. The van der Waals surface area contributed by atoms with E-state index in [1.807, 2.05) is 0 Å². The molecule has 0 aliphatic heterocycles. The van der Waals surface area contributed by atoms with E-state index < -0.39 is 0 Å². The van der Waals surface area contributed by atoms with E-state index in [4.69, 9.17) is 0 Å². The van der Waals surface area contributed by atoms with Crippen molar-refractivity contribution in [3.63, 3.8) is 0 Å². The van der Waals surface area contributed by atoms with Gasteiger partial charge in [-0.25, -0.2) is 0 Å². The van der Waals surface area contributed by atoms with Gasteiger partial charge in [0.2, 0.25) is 0 Å². The molecular formula is C62H74. The molecule has 6 aromatic rings. The van der Waals surface area contributed by atoms with Crippen LogP contribution in [-0.2, 0) is 32.5 Å². The summed E-state index contributed by atoms with van der Waals surface area (Å²) in [4.78, 5) is 0. The molecule has 62 heavy (non-hydrogen) atoms. The molecule has 0 amide bonds. The largest absolute Gasteiger partial charge is 0.0642 e. The highest BCUT2D eigenvalue weighted by molar-refractivity contribution is 5.95. The van der Waals surface area contributed by atoms with Crippen LogP contribution in [0, 0.1) is 0 Å². The normalized spacial score (nSPS) is 15.3. The van der Waals surface area contributed by atoms with Crippen molar-refractivity contribution >= 4 is 0 Å². The molecule has 0 fully saturated rings. The second-order valence-corrected chi connectivity index (χ2v) is 23.1. The molecule has 0 unspecified atom stereocenters. The minimum absolute atomic E-state index is 0.00214. The highest BCUT2D eigenvalue weighted by atomic mass is 14.5. The van der Waals surface area contributed by atoms with Crippen molar-refractivity contribution in [1.29, 1.82) is 0 Å². The van der Waals surface area contributed by atoms with Crippen molar-refractivity contribution in [2.24, 2.45) is 0 Å². The van der Waals surface area contributed by atoms with Crippen LogP contribution in [0.3, 0.4) is 0 Å². The average molecular weight is 819 g/mol. The van der Waals surface area contributed by atoms with E-state index in [1.54, 1.807) is 0 Å². The second kappa shape index (κ2) is 15.0. The topological polar surface area (TPSA) is 0 Å². The van der Waals surface area contributed by atoms with E-state index in [0.29, 0.717) is 0 Å². The predicted molar refractivity (Wildman–Crippen MR) is 271 cm³/mol. The maximum Gasteiger partial charge on any atom is 0.0210 e. The first-order valence-electron chi connectivity index (χ1n) is 23.9. The third kappa shape index (κ3) is 6.94. The Hall–Kier alpha value is -4.68. The van der Waals surface area contributed by atoms with E-state index in [1.165, 1.54) is 100 Å². The first-order chi connectivity index (χ1) is 29.0. The first-order valence-corrected chi connectivity index (χ1v) is 23.9. The van der Waals surface area contributed by atoms with Crippen LogP contribution in [0.5, 0.6) is 0 Å². The van der Waals surface area contributed by atoms with E-state index in [0.717, 1.165) is 25.7 Å². The lowest BCUT2D eigenvalue weighted by atomic mass is 9.71. The molecule has 2 aliphatic rings. The van der Waals surface area contributed by atoms with E-state index >= 15 is 0 Å². The van der Waals surface area contributed by atoms with Gasteiger partial charge in [0.05, 0.1) is 0 Å². The van der Waals surface area contributed by atoms with Crippen molar-refractivity contribution in [1.82, 2.24) is 0 Å². The Morgan fingerprint density at radius 3 is 0.839 bits per heavy atom. The van der Waals surface area contributed by atoms with Gasteiger partial charge in [0, 0.05) is 10.8 Å². The van der Waals surface area contributed by atoms with Gasteiger partial charge in [-0.15, -0.1) is 0 Å². The van der Waals surface area contributed by atoms with Crippen LogP contribution < -0.4 is 0 Å². The molecule has 6 aromatic carbocycles. The van der Waals surface area contributed by atoms with Gasteiger partial charge in [-0.2, -0.15) is 0 Å². The summed E-state index contributed by atoms with van der Waals surface area (Å²) in [5, 5.41) is 0. The van der Waals surface area contributed by atoms with Crippen LogP contribution in [0.15, 0.2) is 109 Å². The molecule has 0 N–H and O–H groups in total. The van der Waals surface area contributed by atoms with Crippen molar-refractivity contribution in [2.75, 3.05) is 0 Å². The Bertz CT molecular complexity index is 2470. The van der Waals surface area contributed by atoms with Crippen molar-refractivity contribution in [3.8, 4) is 55.6 Å². The fourth-order valence-electron chi connectivity index (χ4n) is 11.2. The quantitative estimate of drug-likeness (QED) is 0.151. The van der Waals surface area contributed by atoms with Crippen LogP contribution in [0.2, 0.25) is 0 Å². The highest BCUT2D eigenvalue weighted by Gasteiger charge is 2.45. The summed E-state index contributed by atoms with van der Waals surface area (Å²) in [6.07, 6.45) is 4.35. The van der Waals surface area contributed by atoms with Gasteiger partial charge in [-0.05, 0) is 160 Å². The monoisotopic (exact) mass is 819 g/mol. The van der Waals surface area contributed by atoms with Crippen LogP contribution in [0.25, 0.3) is 55.6 Å². The highest BCUT2D eigenvalue weighted by Crippen LogP contribution is 2.59.